The first-order valence-electron chi connectivity index (χ1n) is 5.35. The van der Waals surface area contributed by atoms with E-state index in [9.17, 15) is 13.2 Å². The first kappa shape index (κ1) is 15.5. The van der Waals surface area contributed by atoms with Crippen LogP contribution in [0.1, 0.15) is 22.1 Å². The smallest absolute Gasteiger partial charge is 0.475 e. The molecule has 0 aliphatic carbocycles. The van der Waals surface area contributed by atoms with Crippen molar-refractivity contribution in [1.82, 2.24) is 5.32 Å². The van der Waals surface area contributed by atoms with Crippen LogP contribution in [-0.4, -0.2) is 30.3 Å². The van der Waals surface area contributed by atoms with Crippen LogP contribution in [0, 0.1) is 11.3 Å². The van der Waals surface area contributed by atoms with Crippen molar-refractivity contribution in [2.75, 3.05) is 13.1 Å². The van der Waals surface area contributed by atoms with Crippen LogP contribution in [0.3, 0.4) is 0 Å². The fraction of sp³-hybridized carbons (Fsp3) is 0.455. The number of nitrogens with one attached hydrogen (secondary N) is 1. The van der Waals surface area contributed by atoms with E-state index >= 15 is 0 Å². The fourth-order valence-corrected chi connectivity index (χ4v) is 2.47. The van der Waals surface area contributed by atoms with Crippen LogP contribution in [0.15, 0.2) is 12.1 Å². The third-order valence-corrected chi connectivity index (χ3v) is 3.59. The fourth-order valence-electron chi connectivity index (χ4n) is 1.53. The summed E-state index contributed by atoms with van der Waals surface area (Å²) in [4.78, 5) is 11.1. The molecular formula is C11H11F3N2O2S. The highest BCUT2D eigenvalue weighted by Crippen LogP contribution is 2.28. The minimum Gasteiger partial charge on any atom is -0.475 e. The summed E-state index contributed by atoms with van der Waals surface area (Å²) in [6, 6.07) is 6.17. The van der Waals surface area contributed by atoms with Gasteiger partial charge in [-0.1, -0.05) is 0 Å². The molecule has 2 heterocycles. The summed E-state index contributed by atoms with van der Waals surface area (Å²) in [5.41, 5.74) is 0. The Bertz CT molecular complexity index is 473. The number of hydrogen-bond acceptors (Lipinski definition) is 4. The standard InChI is InChI=1S/C9H10N2S.C2HF3O2/c10-5-8-1-2-9(12-8)7-3-4-11-6-7;3-2(4,5)1(6)7/h1-2,7,11H,3-4,6H2;(H,6,7). The third-order valence-electron chi connectivity index (χ3n) is 2.44. The van der Waals surface area contributed by atoms with Gasteiger partial charge in [0.1, 0.15) is 10.9 Å². The van der Waals surface area contributed by atoms with Crippen LogP contribution >= 0.6 is 11.3 Å². The maximum atomic E-state index is 10.6. The van der Waals surface area contributed by atoms with Crippen molar-refractivity contribution in [3.8, 4) is 6.07 Å². The number of hydrogen-bond donors (Lipinski definition) is 2. The topological polar surface area (TPSA) is 73.1 Å². The maximum Gasteiger partial charge on any atom is 0.490 e. The number of halogens is 3. The SMILES string of the molecule is N#Cc1ccc(C2CCNC2)s1.O=C(O)C(F)(F)F. The second kappa shape index (κ2) is 6.54. The summed E-state index contributed by atoms with van der Waals surface area (Å²) in [6.45, 7) is 2.19. The van der Waals surface area contributed by atoms with Gasteiger partial charge < -0.3 is 10.4 Å². The van der Waals surface area contributed by atoms with E-state index < -0.39 is 12.1 Å². The van der Waals surface area contributed by atoms with E-state index in [0.29, 0.717) is 5.92 Å². The average Bonchev–Trinajstić information content (AvgIpc) is 2.99. The zero-order valence-corrected chi connectivity index (χ0v) is 10.5. The van der Waals surface area contributed by atoms with Gasteiger partial charge in [0.2, 0.25) is 0 Å². The molecule has 2 rings (SSSR count). The summed E-state index contributed by atoms with van der Waals surface area (Å²) in [5.74, 6) is -2.11. The van der Waals surface area contributed by atoms with E-state index in [4.69, 9.17) is 15.2 Å². The number of nitriles is 1. The van der Waals surface area contributed by atoms with Gasteiger partial charge in [-0.3, -0.25) is 0 Å². The van der Waals surface area contributed by atoms with Crippen molar-refractivity contribution in [2.45, 2.75) is 18.5 Å². The van der Waals surface area contributed by atoms with Crippen LogP contribution in [0.2, 0.25) is 0 Å². The van der Waals surface area contributed by atoms with Gasteiger partial charge in [0.15, 0.2) is 0 Å². The monoisotopic (exact) mass is 292 g/mol. The molecule has 1 aliphatic heterocycles. The number of carboxylic acids is 1. The molecular weight excluding hydrogens is 281 g/mol. The summed E-state index contributed by atoms with van der Waals surface area (Å²) in [6.07, 6.45) is -3.87. The molecule has 104 valence electrons. The summed E-state index contributed by atoms with van der Waals surface area (Å²) in [7, 11) is 0. The van der Waals surface area contributed by atoms with Crippen molar-refractivity contribution < 1.29 is 23.1 Å². The van der Waals surface area contributed by atoms with Gasteiger partial charge in [-0.2, -0.15) is 18.4 Å². The molecule has 1 fully saturated rings. The molecule has 1 aromatic heterocycles. The lowest BCUT2D eigenvalue weighted by Crippen LogP contribution is -2.21. The third kappa shape index (κ3) is 4.89. The molecule has 2 N–H and O–H groups in total. The average molecular weight is 292 g/mol. The van der Waals surface area contributed by atoms with Crippen molar-refractivity contribution in [3.05, 3.63) is 21.9 Å². The minimum atomic E-state index is -5.08. The largest absolute Gasteiger partial charge is 0.490 e. The Morgan fingerprint density at radius 1 is 1.53 bits per heavy atom. The van der Waals surface area contributed by atoms with E-state index in [-0.39, 0.29) is 0 Å². The molecule has 0 aromatic carbocycles. The van der Waals surface area contributed by atoms with Gasteiger partial charge in [0.25, 0.3) is 0 Å². The van der Waals surface area contributed by atoms with Crippen LogP contribution < -0.4 is 5.32 Å². The Labute approximate surface area is 111 Å². The number of aliphatic carboxylic acids is 1. The maximum absolute atomic E-state index is 10.6. The van der Waals surface area contributed by atoms with Gasteiger partial charge in [-0.05, 0) is 25.1 Å². The lowest BCUT2D eigenvalue weighted by atomic mass is 10.1. The molecule has 1 aliphatic rings. The Morgan fingerprint density at radius 3 is 2.53 bits per heavy atom. The van der Waals surface area contributed by atoms with Gasteiger partial charge >= 0.3 is 12.1 Å². The Morgan fingerprint density at radius 2 is 2.16 bits per heavy atom. The van der Waals surface area contributed by atoms with Crippen molar-refractivity contribution in [2.24, 2.45) is 0 Å². The summed E-state index contributed by atoms with van der Waals surface area (Å²) >= 11 is 1.63. The number of nitrogens with zero attached hydrogens (tertiary/aromatic N) is 1. The highest BCUT2D eigenvalue weighted by atomic mass is 32.1. The Hall–Kier alpha value is -1.59. The molecule has 0 amide bonds. The predicted octanol–water partition coefficient (Wildman–Crippen LogP) is 2.33. The minimum absolute atomic E-state index is 0.650. The first-order valence-corrected chi connectivity index (χ1v) is 6.17. The van der Waals surface area contributed by atoms with Crippen LogP contribution in [0.5, 0.6) is 0 Å². The summed E-state index contributed by atoms with van der Waals surface area (Å²) in [5, 5.41) is 19.1. The van der Waals surface area contributed by atoms with Crippen molar-refractivity contribution in [3.63, 3.8) is 0 Å². The second-order valence-electron chi connectivity index (χ2n) is 3.81. The highest BCUT2D eigenvalue weighted by Gasteiger charge is 2.38. The first-order chi connectivity index (χ1) is 8.84. The number of carboxylic acid groups (broad SMARTS) is 1. The predicted molar refractivity (Wildman–Crippen MR) is 63.0 cm³/mol. The second-order valence-corrected chi connectivity index (χ2v) is 4.92. The lowest BCUT2D eigenvalue weighted by Gasteiger charge is -2.02. The number of thiophene rings is 1. The molecule has 0 radical (unpaired) electrons. The quantitative estimate of drug-likeness (QED) is 0.833. The van der Waals surface area contributed by atoms with E-state index in [1.165, 1.54) is 11.3 Å². The molecule has 0 bridgehead atoms. The summed E-state index contributed by atoms with van der Waals surface area (Å²) < 4.78 is 31.7. The van der Waals surface area contributed by atoms with E-state index in [1.807, 2.05) is 6.07 Å². The molecule has 1 saturated heterocycles. The molecule has 1 atom stereocenters. The Kier molecular flexibility index (Phi) is 5.32. The normalized spacial score (nSPS) is 18.3. The van der Waals surface area contributed by atoms with E-state index in [2.05, 4.69) is 17.5 Å². The molecule has 1 unspecified atom stereocenters. The zero-order chi connectivity index (χ0) is 14.5. The van der Waals surface area contributed by atoms with Gasteiger partial charge in [-0.25, -0.2) is 4.79 Å². The van der Waals surface area contributed by atoms with Gasteiger partial charge in [0.05, 0.1) is 0 Å². The van der Waals surface area contributed by atoms with E-state index in [1.54, 1.807) is 11.3 Å². The van der Waals surface area contributed by atoms with Crippen LogP contribution in [-0.2, 0) is 4.79 Å². The van der Waals surface area contributed by atoms with Crippen molar-refractivity contribution in [1.29, 1.82) is 5.26 Å². The lowest BCUT2D eigenvalue weighted by molar-refractivity contribution is -0.192. The van der Waals surface area contributed by atoms with Gasteiger partial charge in [-0.15, -0.1) is 11.3 Å². The van der Waals surface area contributed by atoms with Gasteiger partial charge in [0, 0.05) is 17.3 Å². The Balaban J connectivity index is 0.000000224. The number of alkyl halides is 3. The number of rotatable bonds is 1. The molecule has 1 aromatic rings. The molecule has 0 spiro atoms. The number of carbonyl (C=O) groups is 1. The molecule has 19 heavy (non-hydrogen) atoms. The van der Waals surface area contributed by atoms with Crippen molar-refractivity contribution >= 4 is 17.3 Å². The highest BCUT2D eigenvalue weighted by molar-refractivity contribution is 7.12. The molecule has 0 saturated carbocycles. The molecule has 4 nitrogen and oxygen atoms in total. The molecule has 8 heteroatoms. The van der Waals surface area contributed by atoms with E-state index in [0.717, 1.165) is 18.0 Å². The zero-order valence-electron chi connectivity index (χ0n) is 9.70. The van der Waals surface area contributed by atoms with Crippen LogP contribution in [0.25, 0.3) is 0 Å². The van der Waals surface area contributed by atoms with Crippen LogP contribution in [0.4, 0.5) is 13.2 Å².